The number of rotatable bonds is 1. The van der Waals surface area contributed by atoms with Crippen LogP contribution in [0.5, 0.6) is 0 Å². The van der Waals surface area contributed by atoms with Gasteiger partial charge in [-0.1, -0.05) is 35.9 Å². The highest BCUT2D eigenvalue weighted by Gasteiger charge is 2.07. The Morgan fingerprint density at radius 3 is 2.71 bits per heavy atom. The standard InChI is InChI=1S/C15H12ClN/c1-10-5-6-12(14(16)9-10)11-3-2-4-15-13(11)7-8-17-15/h2-9,17H,1H3. The first-order valence-electron chi connectivity index (χ1n) is 5.58. The van der Waals surface area contributed by atoms with Crippen LogP contribution in [0.2, 0.25) is 5.02 Å². The lowest BCUT2D eigenvalue weighted by Gasteiger charge is -2.07. The maximum absolute atomic E-state index is 6.32. The Bertz CT molecular complexity index is 682. The molecule has 0 amide bonds. The number of nitrogens with one attached hydrogen (secondary N) is 1. The Hall–Kier alpha value is -1.73. The van der Waals surface area contributed by atoms with E-state index in [1.165, 1.54) is 16.5 Å². The van der Waals surface area contributed by atoms with E-state index >= 15 is 0 Å². The van der Waals surface area contributed by atoms with Gasteiger partial charge in [-0.2, -0.15) is 0 Å². The SMILES string of the molecule is Cc1ccc(-c2cccc3[nH]ccc23)c(Cl)c1. The number of halogens is 1. The number of aromatic nitrogens is 1. The predicted octanol–water partition coefficient (Wildman–Crippen LogP) is 4.80. The Morgan fingerprint density at radius 1 is 1.00 bits per heavy atom. The molecular formula is C15H12ClN. The number of H-pyrrole nitrogens is 1. The van der Waals surface area contributed by atoms with Gasteiger partial charge in [-0.25, -0.2) is 0 Å². The topological polar surface area (TPSA) is 15.8 Å². The zero-order valence-corrected chi connectivity index (χ0v) is 10.3. The van der Waals surface area contributed by atoms with E-state index in [1.807, 2.05) is 25.3 Å². The summed E-state index contributed by atoms with van der Waals surface area (Å²) in [5.74, 6) is 0. The van der Waals surface area contributed by atoms with Gasteiger partial charge in [0.05, 0.1) is 0 Å². The van der Waals surface area contributed by atoms with E-state index < -0.39 is 0 Å². The molecule has 2 heteroatoms. The molecule has 0 aliphatic heterocycles. The molecule has 1 heterocycles. The highest BCUT2D eigenvalue weighted by molar-refractivity contribution is 6.33. The van der Waals surface area contributed by atoms with Gasteiger partial charge in [-0.15, -0.1) is 0 Å². The first-order valence-corrected chi connectivity index (χ1v) is 5.96. The summed E-state index contributed by atoms with van der Waals surface area (Å²) in [5.41, 5.74) is 4.58. The molecule has 3 rings (SSSR count). The second-order valence-electron chi connectivity index (χ2n) is 4.23. The van der Waals surface area contributed by atoms with E-state index in [2.05, 4.69) is 35.3 Å². The molecule has 17 heavy (non-hydrogen) atoms. The lowest BCUT2D eigenvalue weighted by Crippen LogP contribution is -1.82. The van der Waals surface area contributed by atoms with Gasteiger partial charge in [-0.3, -0.25) is 0 Å². The van der Waals surface area contributed by atoms with Crippen LogP contribution in [0, 0.1) is 6.92 Å². The van der Waals surface area contributed by atoms with E-state index in [0.717, 1.165) is 16.1 Å². The van der Waals surface area contributed by atoms with Gasteiger partial charge in [-0.05, 0) is 36.2 Å². The maximum Gasteiger partial charge on any atom is 0.0487 e. The van der Waals surface area contributed by atoms with Crippen molar-refractivity contribution >= 4 is 22.5 Å². The van der Waals surface area contributed by atoms with Crippen molar-refractivity contribution in [2.24, 2.45) is 0 Å². The molecule has 0 atom stereocenters. The van der Waals surface area contributed by atoms with Crippen molar-refractivity contribution < 1.29 is 0 Å². The molecule has 0 aliphatic carbocycles. The fourth-order valence-electron chi connectivity index (χ4n) is 2.16. The van der Waals surface area contributed by atoms with E-state index in [4.69, 9.17) is 11.6 Å². The average molecular weight is 242 g/mol. The number of aromatic amines is 1. The summed E-state index contributed by atoms with van der Waals surface area (Å²) in [5, 5.41) is 2.01. The summed E-state index contributed by atoms with van der Waals surface area (Å²) in [6, 6.07) is 14.5. The van der Waals surface area contributed by atoms with Crippen LogP contribution in [0.3, 0.4) is 0 Å². The summed E-state index contributed by atoms with van der Waals surface area (Å²) >= 11 is 6.32. The summed E-state index contributed by atoms with van der Waals surface area (Å²) in [6.07, 6.45) is 1.95. The molecule has 2 aromatic carbocycles. The lowest BCUT2D eigenvalue weighted by atomic mass is 10.0. The maximum atomic E-state index is 6.32. The molecule has 0 unspecified atom stereocenters. The van der Waals surface area contributed by atoms with Crippen LogP contribution >= 0.6 is 11.6 Å². The molecule has 1 N–H and O–H groups in total. The molecule has 0 saturated heterocycles. The van der Waals surface area contributed by atoms with E-state index in [1.54, 1.807) is 0 Å². The Kier molecular flexibility index (Phi) is 2.41. The van der Waals surface area contributed by atoms with Gasteiger partial charge in [0.25, 0.3) is 0 Å². The van der Waals surface area contributed by atoms with Crippen molar-refractivity contribution in [1.29, 1.82) is 0 Å². The van der Waals surface area contributed by atoms with Crippen LogP contribution < -0.4 is 0 Å². The third-order valence-electron chi connectivity index (χ3n) is 3.01. The van der Waals surface area contributed by atoms with Crippen molar-refractivity contribution in [3.63, 3.8) is 0 Å². The Balaban J connectivity index is 2.30. The number of hydrogen-bond donors (Lipinski definition) is 1. The number of fused-ring (bicyclic) bond motifs is 1. The second kappa shape index (κ2) is 3.94. The number of hydrogen-bond acceptors (Lipinski definition) is 0. The minimum absolute atomic E-state index is 0.804. The summed E-state index contributed by atoms with van der Waals surface area (Å²) in [4.78, 5) is 3.22. The van der Waals surface area contributed by atoms with Gasteiger partial charge in [0, 0.05) is 27.7 Å². The average Bonchev–Trinajstić information content (AvgIpc) is 2.77. The molecule has 84 valence electrons. The van der Waals surface area contributed by atoms with Crippen LogP contribution in [-0.2, 0) is 0 Å². The molecule has 0 aliphatic rings. The normalized spacial score (nSPS) is 10.9. The van der Waals surface area contributed by atoms with Gasteiger partial charge in [0.1, 0.15) is 0 Å². The van der Waals surface area contributed by atoms with Crippen molar-refractivity contribution in [2.45, 2.75) is 6.92 Å². The highest BCUT2D eigenvalue weighted by atomic mass is 35.5. The Morgan fingerprint density at radius 2 is 1.88 bits per heavy atom. The summed E-state index contributed by atoms with van der Waals surface area (Å²) in [6.45, 7) is 2.05. The van der Waals surface area contributed by atoms with Crippen molar-refractivity contribution in [1.82, 2.24) is 4.98 Å². The monoisotopic (exact) mass is 241 g/mol. The van der Waals surface area contributed by atoms with Gasteiger partial charge >= 0.3 is 0 Å². The van der Waals surface area contributed by atoms with Crippen LogP contribution in [0.4, 0.5) is 0 Å². The molecule has 0 saturated carbocycles. The van der Waals surface area contributed by atoms with Crippen molar-refractivity contribution in [3.8, 4) is 11.1 Å². The van der Waals surface area contributed by atoms with Gasteiger partial charge in [0.15, 0.2) is 0 Å². The van der Waals surface area contributed by atoms with Gasteiger partial charge in [0.2, 0.25) is 0 Å². The second-order valence-corrected chi connectivity index (χ2v) is 4.63. The lowest BCUT2D eigenvalue weighted by molar-refractivity contribution is 1.47. The van der Waals surface area contributed by atoms with E-state index in [-0.39, 0.29) is 0 Å². The molecule has 0 radical (unpaired) electrons. The minimum atomic E-state index is 0.804. The van der Waals surface area contributed by atoms with Crippen molar-refractivity contribution in [2.75, 3.05) is 0 Å². The zero-order valence-electron chi connectivity index (χ0n) is 9.50. The first-order chi connectivity index (χ1) is 8.25. The number of aryl methyl sites for hydroxylation is 1. The molecule has 0 bridgehead atoms. The molecule has 0 fully saturated rings. The van der Waals surface area contributed by atoms with Crippen molar-refractivity contribution in [3.05, 3.63) is 59.2 Å². The van der Waals surface area contributed by atoms with Crippen LogP contribution in [0.25, 0.3) is 22.0 Å². The number of benzene rings is 2. The Labute approximate surface area is 105 Å². The molecule has 3 aromatic rings. The fourth-order valence-corrected chi connectivity index (χ4v) is 2.50. The third-order valence-corrected chi connectivity index (χ3v) is 3.32. The molecule has 1 aromatic heterocycles. The van der Waals surface area contributed by atoms with E-state index in [0.29, 0.717) is 0 Å². The largest absolute Gasteiger partial charge is 0.361 e. The van der Waals surface area contributed by atoms with Crippen LogP contribution in [-0.4, -0.2) is 4.98 Å². The molecule has 0 spiro atoms. The summed E-state index contributed by atoms with van der Waals surface area (Å²) < 4.78 is 0. The molecular weight excluding hydrogens is 230 g/mol. The first kappa shape index (κ1) is 10.4. The smallest absolute Gasteiger partial charge is 0.0487 e. The molecule has 1 nitrogen and oxygen atoms in total. The van der Waals surface area contributed by atoms with E-state index in [9.17, 15) is 0 Å². The van der Waals surface area contributed by atoms with Gasteiger partial charge < -0.3 is 4.98 Å². The summed E-state index contributed by atoms with van der Waals surface area (Å²) in [7, 11) is 0. The van der Waals surface area contributed by atoms with Crippen LogP contribution in [0.1, 0.15) is 5.56 Å². The fraction of sp³-hybridized carbons (Fsp3) is 0.0667. The zero-order chi connectivity index (χ0) is 11.8. The highest BCUT2D eigenvalue weighted by Crippen LogP contribution is 2.33. The third kappa shape index (κ3) is 1.73. The van der Waals surface area contributed by atoms with Crippen LogP contribution in [0.15, 0.2) is 48.7 Å². The quantitative estimate of drug-likeness (QED) is 0.630. The minimum Gasteiger partial charge on any atom is -0.361 e. The predicted molar refractivity (Wildman–Crippen MR) is 73.5 cm³/mol.